The SMILES string of the molecule is NC(=O)N1CCCC(N2C(=O)c3cccc(N)c3C2=O)C1. The zero-order chi connectivity index (χ0) is 15.1. The van der Waals surface area contributed by atoms with Crippen molar-refractivity contribution in [2.75, 3.05) is 18.8 Å². The minimum Gasteiger partial charge on any atom is -0.398 e. The molecule has 1 aromatic rings. The number of benzene rings is 1. The molecule has 0 bridgehead atoms. The van der Waals surface area contributed by atoms with Gasteiger partial charge in [-0.2, -0.15) is 0 Å². The van der Waals surface area contributed by atoms with Crippen LogP contribution in [0.1, 0.15) is 33.6 Å². The number of likely N-dealkylation sites (tertiary alicyclic amines) is 1. The Morgan fingerprint density at radius 3 is 2.67 bits per heavy atom. The predicted octanol–water partition coefficient (Wildman–Crippen LogP) is 0.408. The Labute approximate surface area is 121 Å². The number of nitrogens with two attached hydrogens (primary N) is 2. The van der Waals surface area contributed by atoms with Crippen molar-refractivity contribution in [3.8, 4) is 0 Å². The van der Waals surface area contributed by atoms with Gasteiger partial charge in [-0.1, -0.05) is 6.07 Å². The molecule has 7 heteroatoms. The number of anilines is 1. The number of hydrogen-bond acceptors (Lipinski definition) is 4. The van der Waals surface area contributed by atoms with Crippen molar-refractivity contribution in [1.82, 2.24) is 9.80 Å². The lowest BCUT2D eigenvalue weighted by Crippen LogP contribution is -2.52. The van der Waals surface area contributed by atoms with E-state index in [-0.39, 0.29) is 30.0 Å². The lowest BCUT2D eigenvalue weighted by Gasteiger charge is -2.35. The molecule has 21 heavy (non-hydrogen) atoms. The monoisotopic (exact) mass is 288 g/mol. The first-order chi connectivity index (χ1) is 10.0. The van der Waals surface area contributed by atoms with Crippen molar-refractivity contribution in [3.63, 3.8) is 0 Å². The fraction of sp³-hybridized carbons (Fsp3) is 0.357. The molecule has 0 aliphatic carbocycles. The standard InChI is InChI=1S/C14H16N4O3/c15-10-5-1-4-9-11(10)13(20)18(12(9)19)8-3-2-6-17(7-8)14(16)21/h1,4-5,8H,2-3,6-7,15H2,(H2,16,21). The summed E-state index contributed by atoms with van der Waals surface area (Å²) >= 11 is 0. The number of nitrogen functional groups attached to an aromatic ring is 1. The van der Waals surface area contributed by atoms with Gasteiger partial charge in [-0.25, -0.2) is 4.79 Å². The molecule has 2 aliphatic rings. The van der Waals surface area contributed by atoms with E-state index in [0.29, 0.717) is 30.6 Å². The molecule has 0 saturated carbocycles. The molecule has 2 aliphatic heterocycles. The van der Waals surface area contributed by atoms with E-state index in [0.717, 1.165) is 0 Å². The maximum atomic E-state index is 12.5. The Kier molecular flexibility index (Phi) is 3.04. The third-order valence-electron chi connectivity index (χ3n) is 4.05. The summed E-state index contributed by atoms with van der Waals surface area (Å²) in [6, 6.07) is 3.97. The molecule has 4 amide bonds. The van der Waals surface area contributed by atoms with Crippen LogP contribution >= 0.6 is 0 Å². The van der Waals surface area contributed by atoms with Crippen LogP contribution in [0.2, 0.25) is 0 Å². The second-order valence-electron chi connectivity index (χ2n) is 5.33. The maximum absolute atomic E-state index is 12.5. The normalized spacial score (nSPS) is 21.6. The number of carbonyl (C=O) groups excluding carboxylic acids is 3. The molecule has 2 heterocycles. The number of hydrogen-bond donors (Lipinski definition) is 2. The number of piperidine rings is 1. The van der Waals surface area contributed by atoms with E-state index in [1.165, 1.54) is 9.80 Å². The molecule has 3 rings (SSSR count). The largest absolute Gasteiger partial charge is 0.398 e. The zero-order valence-electron chi connectivity index (χ0n) is 11.4. The highest BCUT2D eigenvalue weighted by atomic mass is 16.2. The van der Waals surface area contributed by atoms with Crippen LogP contribution < -0.4 is 11.5 Å². The number of amides is 4. The van der Waals surface area contributed by atoms with Crippen LogP contribution in [0.4, 0.5) is 10.5 Å². The Morgan fingerprint density at radius 2 is 2.00 bits per heavy atom. The average Bonchev–Trinajstić information content (AvgIpc) is 2.72. The van der Waals surface area contributed by atoms with Gasteiger partial charge in [-0.05, 0) is 25.0 Å². The number of imide groups is 1. The van der Waals surface area contributed by atoms with E-state index in [1.807, 2.05) is 0 Å². The molecular formula is C14H16N4O3. The minimum atomic E-state index is -0.532. The summed E-state index contributed by atoms with van der Waals surface area (Å²) in [5.74, 6) is -0.733. The van der Waals surface area contributed by atoms with E-state index >= 15 is 0 Å². The van der Waals surface area contributed by atoms with Gasteiger partial charge >= 0.3 is 6.03 Å². The van der Waals surface area contributed by atoms with E-state index in [2.05, 4.69) is 0 Å². The van der Waals surface area contributed by atoms with Gasteiger partial charge in [0, 0.05) is 18.8 Å². The quantitative estimate of drug-likeness (QED) is 0.576. The number of nitrogens with zero attached hydrogens (tertiary/aromatic N) is 2. The van der Waals surface area contributed by atoms with Gasteiger partial charge in [0.15, 0.2) is 0 Å². The Balaban J connectivity index is 1.91. The van der Waals surface area contributed by atoms with Gasteiger partial charge in [-0.3, -0.25) is 14.5 Å². The molecule has 4 N–H and O–H groups in total. The predicted molar refractivity (Wildman–Crippen MR) is 75.5 cm³/mol. The number of rotatable bonds is 1. The Bertz CT molecular complexity index is 643. The molecule has 0 spiro atoms. The third-order valence-corrected chi connectivity index (χ3v) is 4.05. The number of carbonyl (C=O) groups is 3. The Hall–Kier alpha value is -2.57. The fourth-order valence-corrected chi connectivity index (χ4v) is 3.03. The van der Waals surface area contributed by atoms with Gasteiger partial charge in [0.2, 0.25) is 0 Å². The summed E-state index contributed by atoms with van der Waals surface area (Å²) in [5.41, 5.74) is 12.0. The number of primary amides is 1. The zero-order valence-corrected chi connectivity index (χ0v) is 11.4. The van der Waals surface area contributed by atoms with Crippen molar-refractivity contribution >= 4 is 23.5 Å². The lowest BCUT2D eigenvalue weighted by molar-refractivity contribution is 0.0508. The van der Waals surface area contributed by atoms with Crippen molar-refractivity contribution < 1.29 is 14.4 Å². The van der Waals surface area contributed by atoms with E-state index in [9.17, 15) is 14.4 Å². The summed E-state index contributed by atoms with van der Waals surface area (Å²) < 4.78 is 0. The Morgan fingerprint density at radius 1 is 1.24 bits per heavy atom. The molecule has 0 radical (unpaired) electrons. The van der Waals surface area contributed by atoms with Gasteiger partial charge < -0.3 is 16.4 Å². The van der Waals surface area contributed by atoms with Gasteiger partial charge in [0.25, 0.3) is 11.8 Å². The second-order valence-corrected chi connectivity index (χ2v) is 5.33. The van der Waals surface area contributed by atoms with Gasteiger partial charge in [-0.15, -0.1) is 0 Å². The molecule has 7 nitrogen and oxygen atoms in total. The third kappa shape index (κ3) is 2.01. The van der Waals surface area contributed by atoms with Crippen molar-refractivity contribution in [1.29, 1.82) is 0 Å². The van der Waals surface area contributed by atoms with Crippen LogP contribution in [0.3, 0.4) is 0 Å². The lowest BCUT2D eigenvalue weighted by atomic mass is 10.0. The van der Waals surface area contributed by atoms with Crippen molar-refractivity contribution in [2.45, 2.75) is 18.9 Å². The first-order valence-electron chi connectivity index (χ1n) is 6.81. The van der Waals surface area contributed by atoms with E-state index < -0.39 is 6.03 Å². The molecule has 1 aromatic carbocycles. The summed E-state index contributed by atoms with van der Waals surface area (Å²) in [7, 11) is 0. The highest BCUT2D eigenvalue weighted by molar-refractivity contribution is 6.23. The minimum absolute atomic E-state index is 0.263. The second kappa shape index (κ2) is 4.76. The highest BCUT2D eigenvalue weighted by Gasteiger charge is 2.42. The first-order valence-corrected chi connectivity index (χ1v) is 6.81. The van der Waals surface area contributed by atoms with Crippen LogP contribution in [0.25, 0.3) is 0 Å². The number of fused-ring (bicyclic) bond motifs is 1. The summed E-state index contributed by atoms with van der Waals surface area (Å²) in [6.07, 6.45) is 1.37. The van der Waals surface area contributed by atoms with Crippen LogP contribution in [0.5, 0.6) is 0 Å². The molecule has 1 unspecified atom stereocenters. The van der Waals surface area contributed by atoms with Gasteiger partial charge in [0.1, 0.15) is 0 Å². The number of urea groups is 1. The molecule has 1 atom stereocenters. The van der Waals surface area contributed by atoms with Crippen LogP contribution in [0.15, 0.2) is 18.2 Å². The fourth-order valence-electron chi connectivity index (χ4n) is 3.03. The maximum Gasteiger partial charge on any atom is 0.314 e. The van der Waals surface area contributed by atoms with Crippen LogP contribution in [0, 0.1) is 0 Å². The molecule has 110 valence electrons. The average molecular weight is 288 g/mol. The van der Waals surface area contributed by atoms with Crippen molar-refractivity contribution in [2.24, 2.45) is 5.73 Å². The smallest absolute Gasteiger partial charge is 0.314 e. The van der Waals surface area contributed by atoms with E-state index in [1.54, 1.807) is 18.2 Å². The van der Waals surface area contributed by atoms with E-state index in [4.69, 9.17) is 11.5 Å². The molecule has 1 saturated heterocycles. The van der Waals surface area contributed by atoms with Crippen molar-refractivity contribution in [3.05, 3.63) is 29.3 Å². The van der Waals surface area contributed by atoms with Crippen LogP contribution in [-0.4, -0.2) is 46.8 Å². The summed E-state index contributed by atoms with van der Waals surface area (Å²) in [5, 5.41) is 0. The van der Waals surface area contributed by atoms with Gasteiger partial charge in [0.05, 0.1) is 17.2 Å². The summed E-state index contributed by atoms with van der Waals surface area (Å²) in [6.45, 7) is 0.831. The molecule has 1 fully saturated rings. The summed E-state index contributed by atoms with van der Waals surface area (Å²) in [4.78, 5) is 38.9. The van der Waals surface area contributed by atoms with Crippen LogP contribution in [-0.2, 0) is 0 Å². The first kappa shape index (κ1) is 13.4. The molecule has 0 aromatic heterocycles. The molecular weight excluding hydrogens is 272 g/mol. The topological polar surface area (TPSA) is 110 Å². The highest BCUT2D eigenvalue weighted by Crippen LogP contribution is 2.31.